The van der Waals surface area contributed by atoms with Crippen molar-refractivity contribution in [3.05, 3.63) is 27.7 Å². The fourth-order valence-electron chi connectivity index (χ4n) is 1.62. The van der Waals surface area contributed by atoms with E-state index in [0.29, 0.717) is 28.9 Å². The first kappa shape index (κ1) is 17.1. The molecule has 0 bridgehead atoms. The molecule has 0 aromatic heterocycles. The van der Waals surface area contributed by atoms with Crippen molar-refractivity contribution in [3.8, 4) is 5.75 Å². The van der Waals surface area contributed by atoms with Crippen molar-refractivity contribution < 1.29 is 14.3 Å². The number of esters is 1. The summed E-state index contributed by atoms with van der Waals surface area (Å²) in [5.41, 5.74) is 0.806. The van der Waals surface area contributed by atoms with E-state index in [4.69, 9.17) is 32.7 Å². The van der Waals surface area contributed by atoms with E-state index in [1.54, 1.807) is 26.0 Å². The van der Waals surface area contributed by atoms with Crippen LogP contribution in [0.5, 0.6) is 5.75 Å². The topological polar surface area (TPSA) is 47.6 Å². The summed E-state index contributed by atoms with van der Waals surface area (Å²) < 4.78 is 10.5. The van der Waals surface area contributed by atoms with Crippen LogP contribution in [0.25, 0.3) is 0 Å². The number of rotatable bonds is 7. The molecule has 0 spiro atoms. The molecule has 0 aliphatic rings. The normalized spacial score (nSPS) is 12.1. The van der Waals surface area contributed by atoms with Crippen LogP contribution in [0.4, 0.5) is 0 Å². The van der Waals surface area contributed by atoms with Gasteiger partial charge in [-0.05, 0) is 32.5 Å². The van der Waals surface area contributed by atoms with Gasteiger partial charge in [-0.2, -0.15) is 0 Å². The Labute approximate surface area is 129 Å². The standard InChI is InChI=1S/C14H19Cl2NO3/c1-4-17-8-10-6-11(15)7-12(16)13(10)20-9(3)14(18)19-5-2/h6-7,9,17H,4-5,8H2,1-3H3. The summed E-state index contributed by atoms with van der Waals surface area (Å²) in [7, 11) is 0. The van der Waals surface area contributed by atoms with Crippen molar-refractivity contribution >= 4 is 29.2 Å². The second-order valence-electron chi connectivity index (χ2n) is 4.17. The highest BCUT2D eigenvalue weighted by Crippen LogP contribution is 2.33. The lowest BCUT2D eigenvalue weighted by Crippen LogP contribution is -2.27. The Morgan fingerprint density at radius 1 is 1.35 bits per heavy atom. The highest BCUT2D eigenvalue weighted by molar-refractivity contribution is 6.35. The third kappa shape index (κ3) is 4.85. The quantitative estimate of drug-likeness (QED) is 0.782. The monoisotopic (exact) mass is 319 g/mol. The predicted molar refractivity (Wildman–Crippen MR) is 80.6 cm³/mol. The molecule has 4 nitrogen and oxygen atoms in total. The lowest BCUT2D eigenvalue weighted by molar-refractivity contribution is -0.150. The van der Waals surface area contributed by atoms with Gasteiger partial charge in [0.25, 0.3) is 0 Å². The van der Waals surface area contributed by atoms with Crippen LogP contribution >= 0.6 is 23.2 Å². The predicted octanol–water partition coefficient (Wildman–Crippen LogP) is 3.43. The largest absolute Gasteiger partial charge is 0.477 e. The van der Waals surface area contributed by atoms with Gasteiger partial charge in [-0.15, -0.1) is 0 Å². The summed E-state index contributed by atoms with van der Waals surface area (Å²) >= 11 is 12.1. The van der Waals surface area contributed by atoms with Crippen LogP contribution in [0.15, 0.2) is 12.1 Å². The van der Waals surface area contributed by atoms with Gasteiger partial charge in [0.05, 0.1) is 11.6 Å². The number of hydrogen-bond donors (Lipinski definition) is 1. The van der Waals surface area contributed by atoms with Crippen molar-refractivity contribution in [1.29, 1.82) is 0 Å². The van der Waals surface area contributed by atoms with Crippen LogP contribution in [0.1, 0.15) is 26.3 Å². The Morgan fingerprint density at radius 2 is 2.05 bits per heavy atom. The minimum Gasteiger partial charge on any atom is -0.477 e. The zero-order valence-corrected chi connectivity index (χ0v) is 13.3. The second-order valence-corrected chi connectivity index (χ2v) is 5.01. The first-order valence-corrected chi connectivity index (χ1v) is 7.27. The first-order valence-electron chi connectivity index (χ1n) is 6.51. The van der Waals surface area contributed by atoms with Crippen LogP contribution in [-0.2, 0) is 16.1 Å². The van der Waals surface area contributed by atoms with Crippen molar-refractivity contribution in [2.75, 3.05) is 13.2 Å². The number of ether oxygens (including phenoxy) is 2. The van der Waals surface area contributed by atoms with Gasteiger partial charge in [0, 0.05) is 17.1 Å². The van der Waals surface area contributed by atoms with Gasteiger partial charge >= 0.3 is 5.97 Å². The van der Waals surface area contributed by atoms with Crippen molar-refractivity contribution in [2.24, 2.45) is 0 Å². The molecule has 20 heavy (non-hydrogen) atoms. The van der Waals surface area contributed by atoms with E-state index in [1.807, 2.05) is 6.92 Å². The molecule has 1 rings (SSSR count). The molecule has 112 valence electrons. The molecular formula is C14H19Cl2NO3. The third-order valence-electron chi connectivity index (χ3n) is 2.56. The molecule has 0 aliphatic heterocycles. The molecule has 6 heteroatoms. The number of halogens is 2. The average Bonchev–Trinajstić information content (AvgIpc) is 2.39. The molecule has 0 saturated heterocycles. The van der Waals surface area contributed by atoms with Gasteiger partial charge in [0.1, 0.15) is 5.75 Å². The summed E-state index contributed by atoms with van der Waals surface area (Å²) in [6.07, 6.45) is -0.728. The zero-order chi connectivity index (χ0) is 15.1. The maximum atomic E-state index is 11.6. The Balaban J connectivity index is 2.94. The van der Waals surface area contributed by atoms with Crippen LogP contribution < -0.4 is 10.1 Å². The van der Waals surface area contributed by atoms with E-state index in [1.165, 1.54) is 0 Å². The molecule has 0 aliphatic carbocycles. The zero-order valence-electron chi connectivity index (χ0n) is 11.8. The number of carbonyl (C=O) groups is 1. The van der Waals surface area contributed by atoms with Crippen LogP contribution in [-0.4, -0.2) is 25.2 Å². The summed E-state index contributed by atoms with van der Waals surface area (Å²) in [4.78, 5) is 11.6. The Bertz CT molecular complexity index is 466. The SMILES string of the molecule is CCNCc1cc(Cl)cc(Cl)c1OC(C)C(=O)OCC. The number of carbonyl (C=O) groups excluding carboxylic acids is 1. The van der Waals surface area contributed by atoms with E-state index in [2.05, 4.69) is 5.32 Å². The van der Waals surface area contributed by atoms with E-state index in [0.717, 1.165) is 12.1 Å². The van der Waals surface area contributed by atoms with Crippen molar-refractivity contribution in [1.82, 2.24) is 5.32 Å². The summed E-state index contributed by atoms with van der Waals surface area (Å²) in [5.74, 6) is 0.0329. The Morgan fingerprint density at radius 3 is 2.65 bits per heavy atom. The number of benzene rings is 1. The molecule has 0 radical (unpaired) electrons. The van der Waals surface area contributed by atoms with Crippen LogP contribution in [0.2, 0.25) is 10.0 Å². The van der Waals surface area contributed by atoms with Gasteiger partial charge < -0.3 is 14.8 Å². The fraction of sp³-hybridized carbons (Fsp3) is 0.500. The first-order chi connectivity index (χ1) is 9.49. The maximum Gasteiger partial charge on any atom is 0.347 e. The van der Waals surface area contributed by atoms with Crippen molar-refractivity contribution in [2.45, 2.75) is 33.4 Å². The minimum atomic E-state index is -0.728. The Kier molecular flexibility index (Phi) is 7.13. The molecular weight excluding hydrogens is 301 g/mol. The smallest absolute Gasteiger partial charge is 0.347 e. The molecule has 0 amide bonds. The van der Waals surface area contributed by atoms with E-state index in [9.17, 15) is 4.79 Å². The second kappa shape index (κ2) is 8.35. The highest BCUT2D eigenvalue weighted by Gasteiger charge is 2.19. The molecule has 0 saturated carbocycles. The average molecular weight is 320 g/mol. The summed E-state index contributed by atoms with van der Waals surface area (Å²) in [5, 5.41) is 4.08. The molecule has 0 heterocycles. The maximum absolute atomic E-state index is 11.6. The number of hydrogen-bond acceptors (Lipinski definition) is 4. The number of nitrogens with one attached hydrogen (secondary N) is 1. The van der Waals surface area contributed by atoms with Crippen LogP contribution in [0.3, 0.4) is 0 Å². The summed E-state index contributed by atoms with van der Waals surface area (Å²) in [6, 6.07) is 3.36. The Hall–Kier alpha value is -0.970. The fourth-order valence-corrected chi connectivity index (χ4v) is 2.20. The van der Waals surface area contributed by atoms with Crippen LogP contribution in [0, 0.1) is 0 Å². The van der Waals surface area contributed by atoms with Gasteiger partial charge in [0.15, 0.2) is 6.10 Å². The van der Waals surface area contributed by atoms with Gasteiger partial charge in [-0.3, -0.25) is 0 Å². The molecule has 1 atom stereocenters. The van der Waals surface area contributed by atoms with Gasteiger partial charge in [-0.1, -0.05) is 30.1 Å². The molecule has 0 fully saturated rings. The third-order valence-corrected chi connectivity index (χ3v) is 3.06. The highest BCUT2D eigenvalue weighted by atomic mass is 35.5. The van der Waals surface area contributed by atoms with E-state index >= 15 is 0 Å². The summed E-state index contributed by atoms with van der Waals surface area (Å²) in [6.45, 7) is 7.04. The lowest BCUT2D eigenvalue weighted by atomic mass is 10.2. The van der Waals surface area contributed by atoms with Gasteiger partial charge in [-0.25, -0.2) is 4.79 Å². The minimum absolute atomic E-state index is 0.311. The lowest BCUT2D eigenvalue weighted by Gasteiger charge is -2.18. The molecule has 1 aromatic rings. The molecule has 1 aromatic carbocycles. The van der Waals surface area contributed by atoms with E-state index < -0.39 is 12.1 Å². The molecule has 1 N–H and O–H groups in total. The van der Waals surface area contributed by atoms with Gasteiger partial charge in [0.2, 0.25) is 0 Å². The van der Waals surface area contributed by atoms with Crippen molar-refractivity contribution in [3.63, 3.8) is 0 Å². The molecule has 1 unspecified atom stereocenters. The van der Waals surface area contributed by atoms with E-state index in [-0.39, 0.29) is 0 Å².